The average Bonchev–Trinajstić information content (AvgIpc) is 2.96. The largest absolute Gasteiger partial charge is 0.362 e. The summed E-state index contributed by atoms with van der Waals surface area (Å²) in [6.45, 7) is 4.61. The van der Waals surface area contributed by atoms with Gasteiger partial charge in [0.15, 0.2) is 0 Å². The molecule has 1 atom stereocenters. The van der Waals surface area contributed by atoms with Crippen molar-refractivity contribution in [2.45, 2.75) is 45.1 Å². The van der Waals surface area contributed by atoms with Gasteiger partial charge in [-0.1, -0.05) is 48.0 Å². The van der Waals surface area contributed by atoms with Crippen LogP contribution in [0.15, 0.2) is 48.5 Å². The summed E-state index contributed by atoms with van der Waals surface area (Å²) in [6.07, 6.45) is 3.05. The van der Waals surface area contributed by atoms with Gasteiger partial charge in [-0.2, -0.15) is 5.01 Å². The van der Waals surface area contributed by atoms with Gasteiger partial charge in [-0.3, -0.25) is 15.0 Å². The second-order valence-corrected chi connectivity index (χ2v) is 8.58. The maximum Gasteiger partial charge on any atom is 0.344 e. The summed E-state index contributed by atoms with van der Waals surface area (Å²) < 4.78 is 0. The van der Waals surface area contributed by atoms with Crippen LogP contribution in [0, 0.1) is 6.92 Å². The van der Waals surface area contributed by atoms with E-state index >= 15 is 0 Å². The van der Waals surface area contributed by atoms with E-state index in [2.05, 4.69) is 23.7 Å². The lowest BCUT2D eigenvalue weighted by Gasteiger charge is -2.31. The number of benzene rings is 2. The van der Waals surface area contributed by atoms with Crippen LogP contribution in [0.1, 0.15) is 36.5 Å². The summed E-state index contributed by atoms with van der Waals surface area (Å²) in [5.41, 5.74) is 6.01. The number of carbonyl (C=O) groups excluding carboxylic acids is 3. The number of nitrogens with one attached hydrogen (secondary N) is 2. The first-order valence-electron chi connectivity index (χ1n) is 10.7. The highest BCUT2D eigenvalue weighted by Crippen LogP contribution is 2.28. The third-order valence-corrected chi connectivity index (χ3v) is 6.04. The first-order chi connectivity index (χ1) is 14.9. The molecule has 2 aliphatic heterocycles. The van der Waals surface area contributed by atoms with Crippen molar-refractivity contribution in [3.63, 3.8) is 0 Å². The first kappa shape index (κ1) is 20.9. The molecule has 2 aliphatic rings. The lowest BCUT2D eigenvalue weighted by molar-refractivity contribution is -0.138. The molecule has 1 saturated heterocycles. The Hall–Kier alpha value is -3.35. The van der Waals surface area contributed by atoms with E-state index in [1.807, 2.05) is 47.4 Å². The van der Waals surface area contributed by atoms with Gasteiger partial charge in [0.1, 0.15) is 5.54 Å². The number of hydrogen-bond acceptors (Lipinski definition) is 4. The molecule has 1 fully saturated rings. The van der Waals surface area contributed by atoms with Crippen LogP contribution in [-0.2, 0) is 22.4 Å². The zero-order valence-electron chi connectivity index (χ0n) is 18.0. The van der Waals surface area contributed by atoms with E-state index in [9.17, 15) is 14.4 Å². The second-order valence-electron chi connectivity index (χ2n) is 8.58. The van der Waals surface area contributed by atoms with Crippen LogP contribution >= 0.6 is 0 Å². The van der Waals surface area contributed by atoms with Crippen molar-refractivity contribution in [3.8, 4) is 0 Å². The van der Waals surface area contributed by atoms with Gasteiger partial charge in [-0.15, -0.1) is 0 Å². The molecule has 0 saturated carbocycles. The molecule has 0 aromatic heterocycles. The smallest absolute Gasteiger partial charge is 0.344 e. The molecule has 0 bridgehead atoms. The normalized spacial score (nSPS) is 20.5. The molecular weight excluding hydrogens is 392 g/mol. The average molecular weight is 421 g/mol. The Balaban J connectivity index is 1.38. The van der Waals surface area contributed by atoms with Crippen molar-refractivity contribution in [1.29, 1.82) is 0 Å². The Kier molecular flexibility index (Phi) is 5.67. The fourth-order valence-electron chi connectivity index (χ4n) is 4.30. The Morgan fingerprint density at radius 1 is 1.16 bits per heavy atom. The number of hydrazine groups is 1. The summed E-state index contributed by atoms with van der Waals surface area (Å²) in [4.78, 5) is 40.1. The molecule has 0 radical (unpaired) electrons. The number of imide groups is 1. The van der Waals surface area contributed by atoms with Gasteiger partial charge in [0, 0.05) is 12.2 Å². The van der Waals surface area contributed by atoms with Gasteiger partial charge < -0.3 is 10.2 Å². The van der Waals surface area contributed by atoms with Crippen molar-refractivity contribution in [2.75, 3.05) is 18.0 Å². The summed E-state index contributed by atoms with van der Waals surface area (Å²) in [7, 11) is 0. The van der Waals surface area contributed by atoms with Crippen LogP contribution in [0.4, 0.5) is 10.5 Å². The van der Waals surface area contributed by atoms with Crippen LogP contribution < -0.4 is 15.6 Å². The number of carbonyl (C=O) groups is 3. The first-order valence-corrected chi connectivity index (χ1v) is 10.7. The highest BCUT2D eigenvalue weighted by molar-refractivity contribution is 6.07. The fourth-order valence-corrected chi connectivity index (χ4v) is 4.30. The zero-order valence-corrected chi connectivity index (χ0v) is 18.0. The van der Waals surface area contributed by atoms with Crippen LogP contribution in [0.3, 0.4) is 0 Å². The van der Waals surface area contributed by atoms with Gasteiger partial charge >= 0.3 is 6.03 Å². The number of urea groups is 1. The molecule has 4 amide bonds. The van der Waals surface area contributed by atoms with Gasteiger partial charge in [-0.05, 0) is 56.7 Å². The Bertz CT molecular complexity index is 1010. The van der Waals surface area contributed by atoms with E-state index in [1.165, 1.54) is 11.1 Å². The zero-order chi connectivity index (χ0) is 22.0. The Labute approximate surface area is 182 Å². The third-order valence-electron chi connectivity index (χ3n) is 6.04. The van der Waals surface area contributed by atoms with Crippen molar-refractivity contribution >= 4 is 23.5 Å². The minimum Gasteiger partial charge on any atom is -0.362 e. The van der Waals surface area contributed by atoms with E-state index in [1.54, 1.807) is 6.92 Å². The van der Waals surface area contributed by atoms with Gasteiger partial charge in [0.2, 0.25) is 0 Å². The SMILES string of the molecule is Cc1ccc2c(c1)CCCN2CC(=O)NN1C(=O)NC(C)(CCc2ccccc2)C1=O. The predicted octanol–water partition coefficient (Wildman–Crippen LogP) is 2.72. The number of nitrogens with zero attached hydrogens (tertiary/aromatic N) is 2. The molecular formula is C24H28N4O3. The number of anilines is 1. The number of fused-ring (bicyclic) bond motifs is 1. The lowest BCUT2D eigenvalue weighted by atomic mass is 9.93. The summed E-state index contributed by atoms with van der Waals surface area (Å²) >= 11 is 0. The molecule has 0 spiro atoms. The lowest BCUT2D eigenvalue weighted by Crippen LogP contribution is -2.51. The van der Waals surface area contributed by atoms with Crippen LogP contribution in [0.25, 0.3) is 0 Å². The molecule has 2 aromatic carbocycles. The standard InChI is InChI=1S/C24H28N4O3/c1-17-10-11-20-19(15-17)9-6-14-27(20)16-21(29)26-28-22(30)24(2,25-23(28)31)13-12-18-7-4-3-5-8-18/h3-5,7-8,10-11,15H,6,9,12-14,16H2,1-2H3,(H,25,31)(H,26,29). The van der Waals surface area contributed by atoms with E-state index < -0.39 is 17.5 Å². The van der Waals surface area contributed by atoms with Crippen molar-refractivity contribution < 1.29 is 14.4 Å². The number of hydrogen-bond donors (Lipinski definition) is 2. The molecule has 7 heteroatoms. The molecule has 1 unspecified atom stereocenters. The molecule has 7 nitrogen and oxygen atoms in total. The molecule has 2 heterocycles. The van der Waals surface area contributed by atoms with E-state index in [0.717, 1.165) is 35.6 Å². The van der Waals surface area contributed by atoms with Crippen LogP contribution in [-0.4, -0.2) is 41.5 Å². The maximum atomic E-state index is 12.9. The van der Waals surface area contributed by atoms with Gasteiger partial charge in [0.05, 0.1) is 6.54 Å². The molecule has 2 N–H and O–H groups in total. The fraction of sp³-hybridized carbons (Fsp3) is 0.375. The minimum absolute atomic E-state index is 0.0911. The molecule has 4 rings (SSSR count). The van der Waals surface area contributed by atoms with Gasteiger partial charge in [0.25, 0.3) is 11.8 Å². The highest BCUT2D eigenvalue weighted by Gasteiger charge is 2.48. The van der Waals surface area contributed by atoms with Crippen LogP contribution in [0.2, 0.25) is 0 Å². The minimum atomic E-state index is -1.05. The van der Waals surface area contributed by atoms with Crippen molar-refractivity contribution in [2.24, 2.45) is 0 Å². The number of aryl methyl sites for hydroxylation is 3. The van der Waals surface area contributed by atoms with E-state index in [-0.39, 0.29) is 12.5 Å². The molecule has 2 aromatic rings. The molecule has 0 aliphatic carbocycles. The third kappa shape index (κ3) is 4.40. The number of amides is 4. The Morgan fingerprint density at radius 3 is 2.71 bits per heavy atom. The maximum absolute atomic E-state index is 12.9. The van der Waals surface area contributed by atoms with Gasteiger partial charge in [-0.25, -0.2) is 4.79 Å². The van der Waals surface area contributed by atoms with Crippen LogP contribution in [0.5, 0.6) is 0 Å². The molecule has 31 heavy (non-hydrogen) atoms. The second kappa shape index (κ2) is 8.41. The summed E-state index contributed by atoms with van der Waals surface area (Å²) in [5, 5.41) is 3.57. The summed E-state index contributed by atoms with van der Waals surface area (Å²) in [5.74, 6) is -0.819. The Morgan fingerprint density at radius 2 is 1.94 bits per heavy atom. The summed E-state index contributed by atoms with van der Waals surface area (Å²) in [6, 6.07) is 15.4. The highest BCUT2D eigenvalue weighted by atomic mass is 16.2. The monoisotopic (exact) mass is 420 g/mol. The van der Waals surface area contributed by atoms with Crippen molar-refractivity contribution in [3.05, 3.63) is 65.2 Å². The predicted molar refractivity (Wildman–Crippen MR) is 118 cm³/mol. The molecule has 162 valence electrons. The van der Waals surface area contributed by atoms with E-state index in [4.69, 9.17) is 0 Å². The van der Waals surface area contributed by atoms with E-state index in [0.29, 0.717) is 12.8 Å². The number of rotatable bonds is 6. The topological polar surface area (TPSA) is 81.8 Å². The quantitative estimate of drug-likeness (QED) is 0.704. The van der Waals surface area contributed by atoms with Crippen molar-refractivity contribution in [1.82, 2.24) is 15.8 Å².